The second kappa shape index (κ2) is 8.29. The van der Waals surface area contributed by atoms with E-state index in [1.54, 1.807) is 35.2 Å². The molecular formula is C26H27NO2S2. The maximum absolute atomic E-state index is 11.1. The molecule has 1 N–H and O–H groups in total. The van der Waals surface area contributed by atoms with Gasteiger partial charge >= 0.3 is 5.97 Å². The van der Waals surface area contributed by atoms with E-state index in [0.717, 1.165) is 9.90 Å². The van der Waals surface area contributed by atoms with Gasteiger partial charge in [-0.3, -0.25) is 0 Å². The highest BCUT2D eigenvalue weighted by Crippen LogP contribution is 2.48. The molecule has 4 rings (SSSR count). The van der Waals surface area contributed by atoms with Crippen molar-refractivity contribution in [2.75, 3.05) is 0 Å². The second-order valence-electron chi connectivity index (χ2n) is 9.36. The molecule has 0 spiro atoms. The van der Waals surface area contributed by atoms with Crippen molar-refractivity contribution in [2.45, 2.75) is 60.6 Å². The lowest BCUT2D eigenvalue weighted by Gasteiger charge is -2.42. The van der Waals surface area contributed by atoms with E-state index in [1.807, 2.05) is 23.7 Å². The van der Waals surface area contributed by atoms with E-state index in [1.165, 1.54) is 34.4 Å². The third-order valence-corrected chi connectivity index (χ3v) is 8.16. The Morgan fingerprint density at radius 1 is 1.03 bits per heavy atom. The number of hydrogen-bond donors (Lipinski definition) is 1. The van der Waals surface area contributed by atoms with Crippen molar-refractivity contribution in [3.05, 3.63) is 75.8 Å². The van der Waals surface area contributed by atoms with Gasteiger partial charge in [0.15, 0.2) is 4.34 Å². The summed E-state index contributed by atoms with van der Waals surface area (Å²) in [5, 5.41) is 11.1. The molecule has 0 bridgehead atoms. The first-order valence-corrected chi connectivity index (χ1v) is 12.1. The summed E-state index contributed by atoms with van der Waals surface area (Å²) in [6.45, 7) is 9.37. The number of carboxylic acids is 1. The topological polar surface area (TPSA) is 50.2 Å². The summed E-state index contributed by atoms with van der Waals surface area (Å²) in [5.74, 6) is -0.905. The third-order valence-electron chi connectivity index (χ3n) is 6.20. The van der Waals surface area contributed by atoms with Crippen LogP contribution >= 0.6 is 23.1 Å². The van der Waals surface area contributed by atoms with E-state index in [2.05, 4.69) is 57.0 Å². The molecule has 1 aliphatic rings. The van der Waals surface area contributed by atoms with Crippen LogP contribution in [-0.4, -0.2) is 16.1 Å². The molecule has 1 aromatic heterocycles. The van der Waals surface area contributed by atoms with E-state index in [9.17, 15) is 4.79 Å². The van der Waals surface area contributed by atoms with Crippen LogP contribution in [0, 0.1) is 0 Å². The van der Waals surface area contributed by atoms with Gasteiger partial charge in [0.25, 0.3) is 0 Å². The summed E-state index contributed by atoms with van der Waals surface area (Å²) in [5.41, 5.74) is 5.60. The Hall–Kier alpha value is -2.37. The number of carbonyl (C=O) groups is 1. The molecule has 1 heterocycles. The zero-order valence-electron chi connectivity index (χ0n) is 18.3. The lowest BCUT2D eigenvalue weighted by atomic mass is 9.63. The maximum Gasteiger partial charge on any atom is 0.335 e. The van der Waals surface area contributed by atoms with Crippen molar-refractivity contribution in [3.63, 3.8) is 0 Å². The Balaban J connectivity index is 1.78. The second-order valence-corrected chi connectivity index (χ2v) is 11.5. The first-order chi connectivity index (χ1) is 14.7. The summed E-state index contributed by atoms with van der Waals surface area (Å²) in [6, 6.07) is 11.7. The van der Waals surface area contributed by atoms with Crippen LogP contribution in [0.2, 0.25) is 0 Å². The van der Waals surface area contributed by atoms with Crippen molar-refractivity contribution in [2.24, 2.45) is 0 Å². The Kier molecular flexibility index (Phi) is 5.84. The van der Waals surface area contributed by atoms with Gasteiger partial charge in [-0.2, -0.15) is 0 Å². The number of carboxylic acid groups (broad SMARTS) is 1. The average molecular weight is 450 g/mol. The molecular weight excluding hydrogens is 422 g/mol. The Labute approximate surface area is 192 Å². The quantitative estimate of drug-likeness (QED) is 0.409. The molecule has 160 valence electrons. The molecule has 2 aromatic carbocycles. The third kappa shape index (κ3) is 4.63. The summed E-state index contributed by atoms with van der Waals surface area (Å²) in [6.07, 6.45) is 8.40. The maximum atomic E-state index is 11.1. The summed E-state index contributed by atoms with van der Waals surface area (Å²) in [7, 11) is 0. The van der Waals surface area contributed by atoms with Crippen molar-refractivity contribution in [1.82, 2.24) is 4.98 Å². The number of aromatic nitrogens is 1. The van der Waals surface area contributed by atoms with Gasteiger partial charge in [0.2, 0.25) is 0 Å². The SMILES string of the molecule is CC1(C)CCC(C)(C)c2cc(Sc3nccs3)c(/C=C/c3ccc(C(=O)O)cc3)cc21. The van der Waals surface area contributed by atoms with Crippen molar-refractivity contribution in [1.29, 1.82) is 0 Å². The zero-order valence-corrected chi connectivity index (χ0v) is 19.9. The fraction of sp³-hybridized carbons (Fsp3) is 0.308. The molecule has 0 fully saturated rings. The highest BCUT2D eigenvalue weighted by atomic mass is 32.2. The van der Waals surface area contributed by atoms with E-state index in [0.29, 0.717) is 5.56 Å². The van der Waals surface area contributed by atoms with Gasteiger partial charge in [0.1, 0.15) is 0 Å². The van der Waals surface area contributed by atoms with Gasteiger partial charge in [-0.1, -0.05) is 63.7 Å². The molecule has 3 aromatic rings. The van der Waals surface area contributed by atoms with Crippen molar-refractivity contribution < 1.29 is 9.90 Å². The first kappa shape index (κ1) is 21.8. The van der Waals surface area contributed by atoms with Crippen LogP contribution in [0.15, 0.2) is 57.2 Å². The van der Waals surface area contributed by atoms with Gasteiger partial charge in [0.05, 0.1) is 5.56 Å². The molecule has 0 radical (unpaired) electrons. The minimum absolute atomic E-state index is 0.140. The summed E-state index contributed by atoms with van der Waals surface area (Å²) < 4.78 is 1.04. The van der Waals surface area contributed by atoms with Gasteiger partial charge in [-0.05, 0) is 70.2 Å². The van der Waals surface area contributed by atoms with Crippen LogP contribution in [0.25, 0.3) is 12.2 Å². The van der Waals surface area contributed by atoms with Crippen LogP contribution in [0.4, 0.5) is 0 Å². The average Bonchev–Trinajstić information content (AvgIpc) is 3.23. The Morgan fingerprint density at radius 3 is 2.26 bits per heavy atom. The minimum Gasteiger partial charge on any atom is -0.478 e. The van der Waals surface area contributed by atoms with Gasteiger partial charge in [-0.25, -0.2) is 9.78 Å². The number of nitrogens with zero attached hydrogens (tertiary/aromatic N) is 1. The van der Waals surface area contributed by atoms with Gasteiger partial charge < -0.3 is 5.11 Å². The number of benzene rings is 2. The molecule has 0 saturated carbocycles. The Bertz CT molecular complexity index is 1130. The van der Waals surface area contributed by atoms with Crippen LogP contribution in [-0.2, 0) is 10.8 Å². The van der Waals surface area contributed by atoms with E-state index < -0.39 is 5.97 Å². The van der Waals surface area contributed by atoms with Crippen molar-refractivity contribution in [3.8, 4) is 0 Å². The minimum atomic E-state index is -0.905. The number of thiazole rings is 1. The molecule has 5 heteroatoms. The molecule has 0 unspecified atom stereocenters. The van der Waals surface area contributed by atoms with Crippen molar-refractivity contribution >= 4 is 41.2 Å². The van der Waals surface area contributed by atoms with Gasteiger partial charge in [-0.15, -0.1) is 11.3 Å². The van der Waals surface area contributed by atoms with E-state index in [-0.39, 0.29) is 10.8 Å². The molecule has 31 heavy (non-hydrogen) atoms. The largest absolute Gasteiger partial charge is 0.478 e. The first-order valence-electron chi connectivity index (χ1n) is 10.4. The highest BCUT2D eigenvalue weighted by molar-refractivity contribution is 8.01. The number of aromatic carboxylic acids is 1. The monoisotopic (exact) mass is 449 g/mol. The fourth-order valence-corrected chi connectivity index (χ4v) is 5.82. The van der Waals surface area contributed by atoms with Crippen LogP contribution in [0.5, 0.6) is 0 Å². The zero-order chi connectivity index (χ0) is 22.2. The number of rotatable bonds is 5. The Morgan fingerprint density at radius 2 is 1.68 bits per heavy atom. The highest BCUT2D eigenvalue weighted by Gasteiger charge is 2.37. The molecule has 1 aliphatic carbocycles. The normalized spacial score (nSPS) is 16.9. The molecule has 0 amide bonds. The summed E-state index contributed by atoms with van der Waals surface area (Å²) >= 11 is 3.37. The van der Waals surface area contributed by atoms with Crippen LogP contribution in [0.3, 0.4) is 0 Å². The smallest absolute Gasteiger partial charge is 0.335 e. The fourth-order valence-electron chi connectivity index (χ4n) is 4.11. The number of fused-ring (bicyclic) bond motifs is 1. The standard InChI is InChI=1S/C26H27NO2S2/c1-25(2)11-12-26(3,4)21-16-22(31-24-27-13-14-30-24)19(15-20(21)25)10-7-17-5-8-18(9-6-17)23(28)29/h5-10,13-16H,11-12H2,1-4H3,(H,28,29)/b10-7+. The number of hydrogen-bond acceptors (Lipinski definition) is 4. The van der Waals surface area contributed by atoms with E-state index in [4.69, 9.17) is 5.11 Å². The van der Waals surface area contributed by atoms with Crippen LogP contribution < -0.4 is 0 Å². The summed E-state index contributed by atoms with van der Waals surface area (Å²) in [4.78, 5) is 16.8. The predicted octanol–water partition coefficient (Wildman–Crippen LogP) is 7.51. The lowest BCUT2D eigenvalue weighted by Crippen LogP contribution is -2.34. The van der Waals surface area contributed by atoms with Crippen LogP contribution in [0.1, 0.15) is 73.1 Å². The van der Waals surface area contributed by atoms with Gasteiger partial charge in [0, 0.05) is 16.5 Å². The predicted molar refractivity (Wildman–Crippen MR) is 130 cm³/mol. The molecule has 0 saturated heterocycles. The van der Waals surface area contributed by atoms with E-state index >= 15 is 0 Å². The molecule has 3 nitrogen and oxygen atoms in total. The lowest BCUT2D eigenvalue weighted by molar-refractivity contribution is 0.0697. The molecule has 0 aliphatic heterocycles. The molecule has 0 atom stereocenters.